The minimum atomic E-state index is -0.404. The molecule has 0 aliphatic rings. The molecule has 0 saturated heterocycles. The van der Waals surface area contributed by atoms with Crippen molar-refractivity contribution in [1.29, 1.82) is 0 Å². The van der Waals surface area contributed by atoms with E-state index >= 15 is 0 Å². The molecular formula is C17H18N2O4. The quantitative estimate of drug-likeness (QED) is 0.634. The Morgan fingerprint density at radius 2 is 1.96 bits per heavy atom. The van der Waals surface area contributed by atoms with Crippen molar-refractivity contribution in [2.45, 2.75) is 6.92 Å². The Hall–Kier alpha value is -3.02. The van der Waals surface area contributed by atoms with Gasteiger partial charge >= 0.3 is 0 Å². The van der Waals surface area contributed by atoms with Crippen LogP contribution in [-0.2, 0) is 0 Å². The van der Waals surface area contributed by atoms with E-state index in [4.69, 9.17) is 9.47 Å². The molecule has 1 amide bonds. The highest BCUT2D eigenvalue weighted by Gasteiger charge is 2.10. The van der Waals surface area contributed by atoms with E-state index in [1.807, 2.05) is 6.92 Å². The van der Waals surface area contributed by atoms with Gasteiger partial charge < -0.3 is 14.6 Å². The van der Waals surface area contributed by atoms with Gasteiger partial charge in [-0.3, -0.25) is 4.79 Å². The highest BCUT2D eigenvalue weighted by atomic mass is 16.5. The molecule has 2 rings (SSSR count). The molecule has 2 aromatic carbocycles. The van der Waals surface area contributed by atoms with Crippen molar-refractivity contribution in [2.24, 2.45) is 5.10 Å². The second-order valence-electron chi connectivity index (χ2n) is 4.53. The van der Waals surface area contributed by atoms with Crippen LogP contribution < -0.4 is 14.9 Å². The molecular weight excluding hydrogens is 296 g/mol. The molecule has 2 N–H and O–H groups in total. The van der Waals surface area contributed by atoms with Crippen LogP contribution in [-0.4, -0.2) is 30.9 Å². The predicted octanol–water partition coefficient (Wildman–Crippen LogP) is 2.56. The van der Waals surface area contributed by atoms with E-state index in [0.29, 0.717) is 29.2 Å². The maximum Gasteiger partial charge on any atom is 0.275 e. The highest BCUT2D eigenvalue weighted by molar-refractivity contribution is 5.97. The summed E-state index contributed by atoms with van der Waals surface area (Å²) in [4.78, 5) is 12.1. The van der Waals surface area contributed by atoms with Crippen LogP contribution in [0.2, 0.25) is 0 Å². The standard InChI is InChI=1S/C17H18N2O4/c1-3-23-15-10-6-7-12(16(15)20)11-18-19-17(21)13-8-4-5-9-14(13)22-2/h4-11,20H,3H2,1-2H3,(H,19,21). The molecule has 0 aromatic heterocycles. The van der Waals surface area contributed by atoms with Gasteiger partial charge in [0.15, 0.2) is 11.5 Å². The van der Waals surface area contributed by atoms with Crippen LogP contribution in [0.3, 0.4) is 0 Å². The number of methoxy groups -OCH3 is 1. The predicted molar refractivity (Wildman–Crippen MR) is 87.3 cm³/mol. The number of benzene rings is 2. The smallest absolute Gasteiger partial charge is 0.275 e. The number of amides is 1. The van der Waals surface area contributed by atoms with Gasteiger partial charge in [-0.25, -0.2) is 5.43 Å². The Bertz CT molecular complexity index is 713. The number of para-hydroxylation sites is 2. The number of aromatic hydroxyl groups is 1. The topological polar surface area (TPSA) is 80.2 Å². The second-order valence-corrected chi connectivity index (χ2v) is 4.53. The van der Waals surface area contributed by atoms with Crippen molar-refractivity contribution in [1.82, 2.24) is 5.43 Å². The fourth-order valence-corrected chi connectivity index (χ4v) is 1.97. The van der Waals surface area contributed by atoms with E-state index in [0.717, 1.165) is 0 Å². The summed E-state index contributed by atoms with van der Waals surface area (Å²) >= 11 is 0. The Morgan fingerprint density at radius 3 is 2.70 bits per heavy atom. The first-order chi connectivity index (χ1) is 11.2. The SMILES string of the molecule is CCOc1cccc(C=NNC(=O)c2ccccc2OC)c1O. The zero-order valence-electron chi connectivity index (χ0n) is 12.9. The van der Waals surface area contributed by atoms with Crippen LogP contribution >= 0.6 is 0 Å². The molecule has 23 heavy (non-hydrogen) atoms. The van der Waals surface area contributed by atoms with Gasteiger partial charge in [-0.05, 0) is 31.2 Å². The van der Waals surface area contributed by atoms with Crippen LogP contribution in [0.25, 0.3) is 0 Å². The zero-order chi connectivity index (χ0) is 16.7. The first-order valence-corrected chi connectivity index (χ1v) is 7.08. The number of carbonyl (C=O) groups excluding carboxylic acids is 1. The van der Waals surface area contributed by atoms with Gasteiger partial charge in [-0.15, -0.1) is 0 Å². The van der Waals surface area contributed by atoms with Gasteiger partial charge in [0.05, 0.1) is 25.5 Å². The summed E-state index contributed by atoms with van der Waals surface area (Å²) in [5, 5.41) is 13.9. The van der Waals surface area contributed by atoms with Gasteiger partial charge in [0.1, 0.15) is 5.75 Å². The molecule has 0 heterocycles. The lowest BCUT2D eigenvalue weighted by Crippen LogP contribution is -2.18. The van der Waals surface area contributed by atoms with Crippen molar-refractivity contribution in [3.63, 3.8) is 0 Å². The molecule has 0 saturated carbocycles. The average molecular weight is 314 g/mol. The Labute approximate surface area is 134 Å². The van der Waals surface area contributed by atoms with Gasteiger partial charge in [-0.1, -0.05) is 18.2 Å². The van der Waals surface area contributed by atoms with Crippen molar-refractivity contribution in [3.8, 4) is 17.2 Å². The van der Waals surface area contributed by atoms with E-state index in [-0.39, 0.29) is 5.75 Å². The molecule has 0 bridgehead atoms. The highest BCUT2D eigenvalue weighted by Crippen LogP contribution is 2.28. The van der Waals surface area contributed by atoms with Crippen LogP contribution in [0.1, 0.15) is 22.8 Å². The Balaban J connectivity index is 2.10. The summed E-state index contributed by atoms with van der Waals surface area (Å²) in [6.45, 7) is 2.27. The lowest BCUT2D eigenvalue weighted by molar-refractivity contribution is 0.0952. The molecule has 6 nitrogen and oxygen atoms in total. The fraction of sp³-hybridized carbons (Fsp3) is 0.176. The number of hydrazone groups is 1. The average Bonchev–Trinajstić information content (AvgIpc) is 2.58. The third-order valence-electron chi connectivity index (χ3n) is 3.05. The summed E-state index contributed by atoms with van der Waals surface area (Å²) in [6, 6.07) is 11.9. The maximum absolute atomic E-state index is 12.1. The minimum absolute atomic E-state index is 0.0235. The molecule has 0 atom stereocenters. The van der Waals surface area contributed by atoms with Crippen molar-refractivity contribution < 1.29 is 19.4 Å². The van der Waals surface area contributed by atoms with E-state index in [9.17, 15) is 9.90 Å². The zero-order valence-corrected chi connectivity index (χ0v) is 12.9. The van der Waals surface area contributed by atoms with E-state index < -0.39 is 5.91 Å². The van der Waals surface area contributed by atoms with Gasteiger partial charge in [-0.2, -0.15) is 5.10 Å². The normalized spacial score (nSPS) is 10.5. The Morgan fingerprint density at radius 1 is 1.22 bits per heavy atom. The van der Waals surface area contributed by atoms with Gasteiger partial charge in [0.2, 0.25) is 0 Å². The molecule has 6 heteroatoms. The number of hydrogen-bond acceptors (Lipinski definition) is 5. The van der Waals surface area contributed by atoms with Crippen LogP contribution in [0.5, 0.6) is 17.2 Å². The van der Waals surface area contributed by atoms with Crippen molar-refractivity contribution >= 4 is 12.1 Å². The molecule has 120 valence electrons. The van der Waals surface area contributed by atoms with E-state index in [1.54, 1.807) is 42.5 Å². The van der Waals surface area contributed by atoms with E-state index in [1.165, 1.54) is 13.3 Å². The number of hydrogen-bond donors (Lipinski definition) is 2. The number of ether oxygens (including phenoxy) is 2. The third-order valence-corrected chi connectivity index (χ3v) is 3.05. The lowest BCUT2D eigenvalue weighted by atomic mass is 10.2. The third kappa shape index (κ3) is 4.00. The Kier molecular flexibility index (Phi) is 5.57. The van der Waals surface area contributed by atoms with Gasteiger partial charge in [0.25, 0.3) is 5.91 Å². The number of carbonyl (C=O) groups is 1. The maximum atomic E-state index is 12.1. The largest absolute Gasteiger partial charge is 0.504 e. The molecule has 0 spiro atoms. The number of rotatable bonds is 6. The molecule has 0 aliphatic carbocycles. The van der Waals surface area contributed by atoms with Gasteiger partial charge in [0, 0.05) is 5.56 Å². The summed E-state index contributed by atoms with van der Waals surface area (Å²) in [6.07, 6.45) is 1.35. The number of nitrogens with one attached hydrogen (secondary N) is 1. The first-order valence-electron chi connectivity index (χ1n) is 7.08. The number of phenolic OH excluding ortho intramolecular Hbond substituents is 1. The summed E-state index contributed by atoms with van der Waals surface area (Å²) in [7, 11) is 1.49. The lowest BCUT2D eigenvalue weighted by Gasteiger charge is -2.07. The van der Waals surface area contributed by atoms with Crippen molar-refractivity contribution in [2.75, 3.05) is 13.7 Å². The molecule has 0 radical (unpaired) electrons. The summed E-state index contributed by atoms with van der Waals surface area (Å²) < 4.78 is 10.4. The van der Waals surface area contributed by atoms with Crippen LogP contribution in [0, 0.1) is 0 Å². The molecule has 0 fully saturated rings. The monoisotopic (exact) mass is 314 g/mol. The molecule has 0 aliphatic heterocycles. The number of nitrogens with zero attached hydrogens (tertiary/aromatic N) is 1. The van der Waals surface area contributed by atoms with Crippen LogP contribution in [0.4, 0.5) is 0 Å². The summed E-state index contributed by atoms with van der Waals surface area (Å²) in [5.74, 6) is 0.401. The fourth-order valence-electron chi connectivity index (χ4n) is 1.97. The van der Waals surface area contributed by atoms with E-state index in [2.05, 4.69) is 10.5 Å². The first kappa shape index (κ1) is 16.4. The molecule has 2 aromatic rings. The summed E-state index contributed by atoms with van der Waals surface area (Å²) in [5.41, 5.74) is 3.21. The number of phenols is 1. The molecule has 0 unspecified atom stereocenters. The minimum Gasteiger partial charge on any atom is -0.504 e. The second kappa shape index (κ2) is 7.84. The van der Waals surface area contributed by atoms with Crippen LogP contribution in [0.15, 0.2) is 47.6 Å². The van der Waals surface area contributed by atoms with Crippen molar-refractivity contribution in [3.05, 3.63) is 53.6 Å².